The molecule has 2 atom stereocenters. The molecule has 0 spiro atoms. The molecule has 2 unspecified atom stereocenters. The molecule has 0 saturated carbocycles. The van der Waals surface area contributed by atoms with Crippen LogP contribution in [0.15, 0.2) is 36.5 Å². The zero-order chi connectivity index (χ0) is 17.6. The molecule has 2 aromatic rings. The van der Waals surface area contributed by atoms with Gasteiger partial charge in [-0.05, 0) is 32.4 Å². The topological polar surface area (TPSA) is 92.1 Å². The highest BCUT2D eigenvalue weighted by Gasteiger charge is 2.25. The van der Waals surface area contributed by atoms with Gasteiger partial charge in [-0.25, -0.2) is 9.48 Å². The standard InChI is InChI=1S/C17H25N5O2/c1-4-10-17(3,12-23)19-16(24)18-13(2)15-11-22(21-20-15)14-8-6-5-7-9-14/h5-9,11,13,23H,4,10,12H2,1-3H3,(H2,18,19,24). The van der Waals surface area contributed by atoms with Crippen LogP contribution < -0.4 is 10.6 Å². The Morgan fingerprint density at radius 1 is 1.38 bits per heavy atom. The summed E-state index contributed by atoms with van der Waals surface area (Å²) in [6.45, 7) is 5.58. The zero-order valence-electron chi connectivity index (χ0n) is 14.4. The van der Waals surface area contributed by atoms with Crippen molar-refractivity contribution in [3.05, 3.63) is 42.2 Å². The Labute approximate surface area is 142 Å². The smallest absolute Gasteiger partial charge is 0.315 e. The van der Waals surface area contributed by atoms with Crippen molar-refractivity contribution < 1.29 is 9.90 Å². The maximum atomic E-state index is 12.2. The molecule has 0 bridgehead atoms. The summed E-state index contributed by atoms with van der Waals surface area (Å²) in [5, 5.41) is 23.3. The number of aromatic nitrogens is 3. The summed E-state index contributed by atoms with van der Waals surface area (Å²) in [7, 11) is 0. The van der Waals surface area contributed by atoms with Gasteiger partial charge in [0.2, 0.25) is 0 Å². The third-order valence-corrected chi connectivity index (χ3v) is 3.89. The molecule has 24 heavy (non-hydrogen) atoms. The minimum atomic E-state index is -0.625. The fourth-order valence-corrected chi connectivity index (χ4v) is 2.50. The second-order valence-corrected chi connectivity index (χ2v) is 6.21. The molecular formula is C17H25N5O2. The summed E-state index contributed by atoms with van der Waals surface area (Å²) >= 11 is 0. The van der Waals surface area contributed by atoms with Gasteiger partial charge in [-0.3, -0.25) is 0 Å². The number of amides is 2. The van der Waals surface area contributed by atoms with Crippen molar-refractivity contribution in [3.8, 4) is 5.69 Å². The number of carbonyl (C=O) groups excluding carboxylic acids is 1. The predicted octanol–water partition coefficient (Wildman–Crippen LogP) is 2.18. The Morgan fingerprint density at radius 2 is 2.08 bits per heavy atom. The van der Waals surface area contributed by atoms with E-state index in [0.717, 1.165) is 12.1 Å². The first-order chi connectivity index (χ1) is 11.5. The van der Waals surface area contributed by atoms with Crippen molar-refractivity contribution in [2.45, 2.75) is 45.2 Å². The molecule has 0 radical (unpaired) electrons. The van der Waals surface area contributed by atoms with Crippen LogP contribution in [0.25, 0.3) is 5.69 Å². The Kier molecular flexibility index (Phi) is 5.92. The van der Waals surface area contributed by atoms with Gasteiger partial charge in [0.25, 0.3) is 0 Å². The van der Waals surface area contributed by atoms with Crippen molar-refractivity contribution >= 4 is 6.03 Å². The molecule has 1 heterocycles. The normalized spacial score (nSPS) is 14.7. The first kappa shape index (κ1) is 17.9. The van der Waals surface area contributed by atoms with Gasteiger partial charge in [-0.1, -0.05) is 36.8 Å². The van der Waals surface area contributed by atoms with Crippen molar-refractivity contribution in [2.24, 2.45) is 0 Å². The second-order valence-electron chi connectivity index (χ2n) is 6.21. The molecule has 1 aromatic heterocycles. The van der Waals surface area contributed by atoms with E-state index in [1.54, 1.807) is 10.9 Å². The Morgan fingerprint density at radius 3 is 2.71 bits per heavy atom. The Hall–Kier alpha value is -2.41. The minimum Gasteiger partial charge on any atom is -0.394 e. The first-order valence-corrected chi connectivity index (χ1v) is 8.14. The van der Waals surface area contributed by atoms with E-state index in [0.29, 0.717) is 12.1 Å². The number of nitrogens with one attached hydrogen (secondary N) is 2. The largest absolute Gasteiger partial charge is 0.394 e. The summed E-state index contributed by atoms with van der Waals surface area (Å²) in [4.78, 5) is 12.2. The van der Waals surface area contributed by atoms with E-state index in [9.17, 15) is 9.90 Å². The number of urea groups is 1. The Balaban J connectivity index is 1.98. The number of aliphatic hydroxyl groups excluding tert-OH is 1. The second kappa shape index (κ2) is 7.92. The number of nitrogens with zero attached hydrogens (tertiary/aromatic N) is 3. The summed E-state index contributed by atoms with van der Waals surface area (Å²) in [5.41, 5.74) is 0.944. The van der Waals surface area contributed by atoms with Gasteiger partial charge in [0.05, 0.1) is 30.1 Å². The number of aliphatic hydroxyl groups is 1. The van der Waals surface area contributed by atoms with Crippen LogP contribution in [0.4, 0.5) is 4.79 Å². The Bertz CT molecular complexity index is 658. The van der Waals surface area contributed by atoms with Crippen LogP contribution in [0.5, 0.6) is 0 Å². The minimum absolute atomic E-state index is 0.104. The van der Waals surface area contributed by atoms with Crippen LogP contribution in [0.1, 0.15) is 45.3 Å². The average Bonchev–Trinajstić information content (AvgIpc) is 3.06. The molecule has 0 saturated heterocycles. The van der Waals surface area contributed by atoms with Gasteiger partial charge >= 0.3 is 6.03 Å². The number of carbonyl (C=O) groups is 1. The molecule has 0 aliphatic carbocycles. The van der Waals surface area contributed by atoms with E-state index >= 15 is 0 Å². The van der Waals surface area contributed by atoms with Gasteiger partial charge in [0.15, 0.2) is 0 Å². The van der Waals surface area contributed by atoms with Gasteiger partial charge in [0.1, 0.15) is 5.69 Å². The number of hydrogen-bond donors (Lipinski definition) is 3. The molecular weight excluding hydrogens is 306 g/mol. The van der Waals surface area contributed by atoms with E-state index in [1.165, 1.54) is 0 Å². The molecule has 0 aliphatic rings. The highest BCUT2D eigenvalue weighted by atomic mass is 16.3. The zero-order valence-corrected chi connectivity index (χ0v) is 14.4. The van der Waals surface area contributed by atoms with Gasteiger partial charge in [-0.2, -0.15) is 0 Å². The molecule has 0 aliphatic heterocycles. The van der Waals surface area contributed by atoms with Crippen LogP contribution in [0, 0.1) is 0 Å². The van der Waals surface area contributed by atoms with Crippen LogP contribution in [-0.4, -0.2) is 38.3 Å². The predicted molar refractivity (Wildman–Crippen MR) is 91.8 cm³/mol. The van der Waals surface area contributed by atoms with E-state index in [2.05, 4.69) is 20.9 Å². The lowest BCUT2D eigenvalue weighted by Gasteiger charge is -2.29. The lowest BCUT2D eigenvalue weighted by Crippen LogP contribution is -2.52. The van der Waals surface area contributed by atoms with Crippen molar-refractivity contribution in [1.82, 2.24) is 25.6 Å². The van der Waals surface area contributed by atoms with Crippen LogP contribution >= 0.6 is 0 Å². The molecule has 0 fully saturated rings. The lowest BCUT2D eigenvalue weighted by molar-refractivity contribution is 0.162. The molecule has 130 valence electrons. The fourth-order valence-electron chi connectivity index (χ4n) is 2.50. The molecule has 3 N–H and O–H groups in total. The SMILES string of the molecule is CCCC(C)(CO)NC(=O)NC(C)c1cn(-c2ccccc2)nn1. The highest BCUT2D eigenvalue weighted by molar-refractivity contribution is 5.75. The van der Waals surface area contributed by atoms with Crippen LogP contribution in [0.2, 0.25) is 0 Å². The van der Waals surface area contributed by atoms with Gasteiger partial charge < -0.3 is 15.7 Å². The van der Waals surface area contributed by atoms with Gasteiger partial charge in [0, 0.05) is 0 Å². The summed E-state index contributed by atoms with van der Waals surface area (Å²) in [5.74, 6) is 0. The number of rotatable bonds is 7. The number of benzene rings is 1. The van der Waals surface area contributed by atoms with E-state index in [4.69, 9.17) is 0 Å². The van der Waals surface area contributed by atoms with Crippen molar-refractivity contribution in [1.29, 1.82) is 0 Å². The number of hydrogen-bond acceptors (Lipinski definition) is 4. The third kappa shape index (κ3) is 4.55. The highest BCUT2D eigenvalue weighted by Crippen LogP contribution is 2.14. The van der Waals surface area contributed by atoms with Crippen molar-refractivity contribution in [3.63, 3.8) is 0 Å². The lowest BCUT2D eigenvalue weighted by atomic mass is 9.97. The summed E-state index contributed by atoms with van der Waals surface area (Å²) in [6.07, 6.45) is 3.37. The third-order valence-electron chi connectivity index (χ3n) is 3.89. The van der Waals surface area contributed by atoms with Crippen LogP contribution in [0.3, 0.4) is 0 Å². The van der Waals surface area contributed by atoms with Gasteiger partial charge in [-0.15, -0.1) is 5.10 Å². The number of para-hydroxylation sites is 1. The molecule has 7 nitrogen and oxygen atoms in total. The first-order valence-electron chi connectivity index (χ1n) is 8.14. The molecule has 2 amide bonds. The van der Waals surface area contributed by atoms with Crippen molar-refractivity contribution in [2.75, 3.05) is 6.61 Å². The molecule has 7 heteroatoms. The van der Waals surface area contributed by atoms with E-state index < -0.39 is 5.54 Å². The summed E-state index contributed by atoms with van der Waals surface area (Å²) < 4.78 is 1.67. The fraction of sp³-hybridized carbons (Fsp3) is 0.471. The van der Waals surface area contributed by atoms with Crippen LogP contribution in [-0.2, 0) is 0 Å². The average molecular weight is 331 g/mol. The maximum Gasteiger partial charge on any atom is 0.315 e. The molecule has 2 rings (SSSR count). The molecule has 1 aromatic carbocycles. The maximum absolute atomic E-state index is 12.2. The quantitative estimate of drug-likeness (QED) is 0.725. The van der Waals surface area contributed by atoms with E-state index in [-0.39, 0.29) is 18.7 Å². The monoisotopic (exact) mass is 331 g/mol. The van der Waals surface area contributed by atoms with E-state index in [1.807, 2.05) is 51.1 Å². The summed E-state index contributed by atoms with van der Waals surface area (Å²) in [6, 6.07) is 9.02.